The molecule has 0 aromatic carbocycles. The summed E-state index contributed by atoms with van der Waals surface area (Å²) in [5.74, 6) is 3.53. The van der Waals surface area contributed by atoms with Gasteiger partial charge >= 0.3 is 0 Å². The van der Waals surface area contributed by atoms with E-state index >= 15 is 0 Å². The predicted octanol–water partition coefficient (Wildman–Crippen LogP) is 1.92. The first-order chi connectivity index (χ1) is 8.13. The molecule has 1 aliphatic rings. The van der Waals surface area contributed by atoms with Crippen molar-refractivity contribution in [3.63, 3.8) is 0 Å². The number of hydrogen-bond donors (Lipinski definition) is 1. The largest absolute Gasteiger partial charge is 0.317 e. The highest BCUT2D eigenvalue weighted by molar-refractivity contribution is 7.99. The van der Waals surface area contributed by atoms with Gasteiger partial charge in [0.25, 0.3) is 0 Å². The first kappa shape index (κ1) is 12.9. The molecule has 17 heavy (non-hydrogen) atoms. The summed E-state index contributed by atoms with van der Waals surface area (Å²) in [7, 11) is 0. The minimum atomic E-state index is 0.391. The van der Waals surface area contributed by atoms with E-state index in [0.29, 0.717) is 11.5 Å². The minimum Gasteiger partial charge on any atom is -0.317 e. The maximum absolute atomic E-state index is 4.16. The highest BCUT2D eigenvalue weighted by Crippen LogP contribution is 2.34. The molecule has 1 aliphatic heterocycles. The highest BCUT2D eigenvalue weighted by atomic mass is 32.2. The summed E-state index contributed by atoms with van der Waals surface area (Å²) in [5.41, 5.74) is 0.391. The fourth-order valence-corrected chi connectivity index (χ4v) is 3.81. The minimum absolute atomic E-state index is 0.391. The summed E-state index contributed by atoms with van der Waals surface area (Å²) >= 11 is 2.05. The normalized spacial score (nSPS) is 23.8. The van der Waals surface area contributed by atoms with Crippen LogP contribution < -0.4 is 5.32 Å². The van der Waals surface area contributed by atoms with Gasteiger partial charge in [0.05, 0.1) is 6.54 Å². The maximum Gasteiger partial charge on any atom is 0.146 e. The van der Waals surface area contributed by atoms with Crippen LogP contribution in [0.1, 0.15) is 33.0 Å². The van der Waals surface area contributed by atoms with Gasteiger partial charge in [0.2, 0.25) is 0 Å². The highest BCUT2D eigenvalue weighted by Gasteiger charge is 2.32. The lowest BCUT2D eigenvalue weighted by atomic mass is 9.82. The van der Waals surface area contributed by atoms with Crippen LogP contribution in [0.3, 0.4) is 0 Å². The van der Waals surface area contributed by atoms with E-state index in [2.05, 4.69) is 40.9 Å². The second kappa shape index (κ2) is 5.40. The Morgan fingerprint density at radius 2 is 2.41 bits per heavy atom. The number of aryl methyl sites for hydroxylation is 1. The van der Waals surface area contributed by atoms with Gasteiger partial charge in [-0.05, 0) is 24.5 Å². The summed E-state index contributed by atoms with van der Waals surface area (Å²) in [4.78, 5) is 0. The SMILES string of the molecule is CCn1cnnc1CNC1CSCCC1(C)C. The van der Waals surface area contributed by atoms with E-state index in [-0.39, 0.29) is 0 Å². The van der Waals surface area contributed by atoms with Crippen molar-refractivity contribution in [3.8, 4) is 0 Å². The second-order valence-electron chi connectivity index (χ2n) is 5.28. The molecule has 1 fully saturated rings. The van der Waals surface area contributed by atoms with E-state index in [9.17, 15) is 0 Å². The zero-order valence-corrected chi connectivity index (χ0v) is 11.8. The summed E-state index contributed by atoms with van der Waals surface area (Å²) in [5, 5.41) is 11.8. The third kappa shape index (κ3) is 3.01. The number of thioether (sulfide) groups is 1. The predicted molar refractivity (Wildman–Crippen MR) is 72.0 cm³/mol. The average molecular weight is 254 g/mol. The Labute approximate surface area is 108 Å². The Balaban J connectivity index is 1.93. The van der Waals surface area contributed by atoms with Gasteiger partial charge in [-0.1, -0.05) is 13.8 Å². The van der Waals surface area contributed by atoms with Crippen molar-refractivity contribution >= 4 is 11.8 Å². The summed E-state index contributed by atoms with van der Waals surface area (Å²) in [6, 6.07) is 0.572. The maximum atomic E-state index is 4.16. The molecule has 1 aromatic heterocycles. The van der Waals surface area contributed by atoms with E-state index in [0.717, 1.165) is 18.9 Å². The van der Waals surface area contributed by atoms with Crippen molar-refractivity contribution in [3.05, 3.63) is 12.2 Å². The van der Waals surface area contributed by atoms with Crippen LogP contribution >= 0.6 is 11.8 Å². The third-order valence-corrected chi connectivity index (χ3v) is 4.72. The van der Waals surface area contributed by atoms with Gasteiger partial charge in [-0.25, -0.2) is 0 Å². The second-order valence-corrected chi connectivity index (χ2v) is 6.43. The molecule has 1 unspecified atom stereocenters. The van der Waals surface area contributed by atoms with Crippen LogP contribution in [0.15, 0.2) is 6.33 Å². The number of rotatable bonds is 4. The molecule has 1 saturated heterocycles. The number of nitrogens with zero attached hydrogens (tertiary/aromatic N) is 3. The Morgan fingerprint density at radius 3 is 3.12 bits per heavy atom. The van der Waals surface area contributed by atoms with Gasteiger partial charge in [0.15, 0.2) is 0 Å². The van der Waals surface area contributed by atoms with Crippen LogP contribution in [0.5, 0.6) is 0 Å². The van der Waals surface area contributed by atoms with Crippen LogP contribution in [0, 0.1) is 5.41 Å². The standard InChI is InChI=1S/C12H22N4S/c1-4-16-9-14-15-11(16)7-13-10-8-17-6-5-12(10,2)3/h9-10,13H,4-8H2,1-3H3. The van der Waals surface area contributed by atoms with Crippen LogP contribution in [0.25, 0.3) is 0 Å². The topological polar surface area (TPSA) is 42.7 Å². The van der Waals surface area contributed by atoms with Gasteiger partial charge in [-0.3, -0.25) is 0 Å². The molecular weight excluding hydrogens is 232 g/mol. The number of nitrogens with one attached hydrogen (secondary N) is 1. The molecule has 1 aromatic rings. The number of hydrogen-bond acceptors (Lipinski definition) is 4. The first-order valence-corrected chi connectivity index (χ1v) is 7.47. The molecule has 1 N–H and O–H groups in total. The van der Waals surface area contributed by atoms with Gasteiger partial charge in [-0.2, -0.15) is 11.8 Å². The molecule has 0 radical (unpaired) electrons. The fourth-order valence-electron chi connectivity index (χ4n) is 2.17. The quantitative estimate of drug-likeness (QED) is 0.891. The van der Waals surface area contributed by atoms with Crippen molar-refractivity contribution in [1.82, 2.24) is 20.1 Å². The Hall–Kier alpha value is -0.550. The van der Waals surface area contributed by atoms with Crippen molar-refractivity contribution in [2.75, 3.05) is 11.5 Å². The zero-order valence-electron chi connectivity index (χ0n) is 10.9. The van der Waals surface area contributed by atoms with E-state index in [1.807, 2.05) is 11.8 Å². The van der Waals surface area contributed by atoms with Gasteiger partial charge in [0, 0.05) is 18.3 Å². The first-order valence-electron chi connectivity index (χ1n) is 6.31. The van der Waals surface area contributed by atoms with Crippen molar-refractivity contribution < 1.29 is 0 Å². The Kier molecular flexibility index (Phi) is 4.09. The van der Waals surface area contributed by atoms with Crippen LogP contribution in [-0.2, 0) is 13.1 Å². The van der Waals surface area contributed by atoms with E-state index in [4.69, 9.17) is 0 Å². The van der Waals surface area contributed by atoms with E-state index in [1.165, 1.54) is 17.9 Å². The fraction of sp³-hybridized carbons (Fsp3) is 0.833. The molecule has 2 heterocycles. The molecule has 0 bridgehead atoms. The smallest absolute Gasteiger partial charge is 0.146 e. The van der Waals surface area contributed by atoms with E-state index in [1.54, 1.807) is 6.33 Å². The lowest BCUT2D eigenvalue weighted by Gasteiger charge is -2.38. The molecule has 0 spiro atoms. The molecule has 4 nitrogen and oxygen atoms in total. The van der Waals surface area contributed by atoms with Crippen molar-refractivity contribution in [2.24, 2.45) is 5.41 Å². The molecule has 0 aliphatic carbocycles. The van der Waals surface area contributed by atoms with Crippen LogP contribution in [0.4, 0.5) is 0 Å². The molecule has 1 atom stereocenters. The van der Waals surface area contributed by atoms with Crippen LogP contribution in [-0.4, -0.2) is 32.3 Å². The van der Waals surface area contributed by atoms with Gasteiger partial charge in [0.1, 0.15) is 12.2 Å². The molecule has 96 valence electrons. The van der Waals surface area contributed by atoms with Crippen LogP contribution in [0.2, 0.25) is 0 Å². The zero-order chi connectivity index (χ0) is 12.3. The lowest BCUT2D eigenvalue weighted by Crippen LogP contribution is -2.46. The molecule has 5 heteroatoms. The summed E-state index contributed by atoms with van der Waals surface area (Å²) in [6.45, 7) is 8.59. The average Bonchev–Trinajstić information content (AvgIpc) is 2.74. The number of aromatic nitrogens is 3. The van der Waals surface area contributed by atoms with E-state index < -0.39 is 0 Å². The Bertz CT molecular complexity index is 361. The molecular formula is C12H22N4S. The summed E-state index contributed by atoms with van der Waals surface area (Å²) in [6.07, 6.45) is 3.09. The van der Waals surface area contributed by atoms with Gasteiger partial charge < -0.3 is 9.88 Å². The molecule has 2 rings (SSSR count). The van der Waals surface area contributed by atoms with Crippen molar-refractivity contribution in [2.45, 2.75) is 46.3 Å². The lowest BCUT2D eigenvalue weighted by molar-refractivity contribution is 0.243. The molecule has 0 saturated carbocycles. The summed E-state index contributed by atoms with van der Waals surface area (Å²) < 4.78 is 2.09. The van der Waals surface area contributed by atoms with Crippen molar-refractivity contribution in [1.29, 1.82) is 0 Å². The monoisotopic (exact) mass is 254 g/mol. The third-order valence-electron chi connectivity index (χ3n) is 3.66. The Morgan fingerprint density at radius 1 is 1.59 bits per heavy atom. The molecule has 0 amide bonds. The van der Waals surface area contributed by atoms with Gasteiger partial charge in [-0.15, -0.1) is 10.2 Å².